The van der Waals surface area contributed by atoms with Crippen molar-refractivity contribution in [1.82, 2.24) is 0 Å². The van der Waals surface area contributed by atoms with Crippen molar-refractivity contribution in [2.24, 2.45) is 5.92 Å². The molecule has 0 heterocycles. The first-order valence-electron chi connectivity index (χ1n) is 4.85. The predicted octanol–water partition coefficient (Wildman–Crippen LogP) is 3.57. The van der Waals surface area contributed by atoms with E-state index in [1.807, 2.05) is 19.1 Å². The Balaban J connectivity index is 2.84. The Labute approximate surface area is 98.0 Å². The maximum absolute atomic E-state index is 11.9. The van der Waals surface area contributed by atoms with E-state index in [2.05, 4.69) is 22.0 Å². The number of halogens is 1. The van der Waals surface area contributed by atoms with Gasteiger partial charge in [-0.1, -0.05) is 35.0 Å². The molecule has 0 spiro atoms. The van der Waals surface area contributed by atoms with E-state index in [0.717, 1.165) is 4.47 Å². The van der Waals surface area contributed by atoms with E-state index >= 15 is 0 Å². The molecule has 3 heteroatoms. The van der Waals surface area contributed by atoms with Gasteiger partial charge in [-0.25, -0.2) is 0 Å². The Morgan fingerprint density at radius 3 is 2.53 bits per heavy atom. The molecule has 0 radical (unpaired) electrons. The molecule has 0 amide bonds. The van der Waals surface area contributed by atoms with Crippen molar-refractivity contribution in [2.75, 3.05) is 0 Å². The lowest BCUT2D eigenvalue weighted by molar-refractivity contribution is 0.0918. The highest BCUT2D eigenvalue weighted by atomic mass is 79.9. The van der Waals surface area contributed by atoms with Gasteiger partial charge >= 0.3 is 0 Å². The number of carbonyl (C=O) groups is 1. The van der Waals surface area contributed by atoms with Crippen LogP contribution in [0.5, 0.6) is 0 Å². The lowest BCUT2D eigenvalue weighted by Gasteiger charge is -2.09. The number of benzene rings is 1. The zero-order valence-corrected chi connectivity index (χ0v) is 10.1. The van der Waals surface area contributed by atoms with Gasteiger partial charge in [-0.05, 0) is 18.6 Å². The number of nitriles is 1. The second-order valence-electron chi connectivity index (χ2n) is 3.34. The molecule has 1 aromatic rings. The number of nitrogens with zero attached hydrogens (tertiary/aromatic N) is 1. The first-order valence-corrected chi connectivity index (χ1v) is 5.65. The van der Waals surface area contributed by atoms with Crippen LogP contribution in [0.25, 0.3) is 0 Å². The predicted molar refractivity (Wildman–Crippen MR) is 62.5 cm³/mol. The van der Waals surface area contributed by atoms with Crippen molar-refractivity contribution in [1.29, 1.82) is 5.26 Å². The third-order valence-corrected chi connectivity index (χ3v) is 2.86. The van der Waals surface area contributed by atoms with Crippen molar-refractivity contribution >= 4 is 21.7 Å². The van der Waals surface area contributed by atoms with Crippen LogP contribution in [0.3, 0.4) is 0 Å². The molecular formula is C12H12BrNO. The van der Waals surface area contributed by atoms with Gasteiger partial charge in [0.25, 0.3) is 0 Å². The summed E-state index contributed by atoms with van der Waals surface area (Å²) in [5.41, 5.74) is 0.681. The molecule has 0 fully saturated rings. The van der Waals surface area contributed by atoms with E-state index in [4.69, 9.17) is 5.26 Å². The Morgan fingerprint density at radius 1 is 1.47 bits per heavy atom. The van der Waals surface area contributed by atoms with Crippen LogP contribution in [-0.2, 0) is 0 Å². The molecule has 0 aliphatic rings. The molecular weight excluding hydrogens is 254 g/mol. The van der Waals surface area contributed by atoms with Gasteiger partial charge in [-0.2, -0.15) is 5.26 Å². The van der Waals surface area contributed by atoms with E-state index in [1.165, 1.54) is 0 Å². The lowest BCUT2D eigenvalue weighted by Crippen LogP contribution is -2.13. The maximum Gasteiger partial charge on any atom is 0.166 e. The fourth-order valence-corrected chi connectivity index (χ4v) is 1.65. The summed E-state index contributed by atoms with van der Waals surface area (Å²) in [5.74, 6) is -0.109. The largest absolute Gasteiger partial charge is 0.294 e. The van der Waals surface area contributed by atoms with Gasteiger partial charge in [0, 0.05) is 22.4 Å². The lowest BCUT2D eigenvalue weighted by atomic mass is 9.93. The standard InChI is InChI=1S/C12H12BrNO/c1-2-9(7-8-14)12(15)10-3-5-11(13)6-4-10/h3-6,9H,2,7H2,1H3. The monoisotopic (exact) mass is 265 g/mol. The van der Waals surface area contributed by atoms with Crippen LogP contribution < -0.4 is 0 Å². The number of rotatable bonds is 4. The van der Waals surface area contributed by atoms with Crippen molar-refractivity contribution in [3.63, 3.8) is 0 Å². The molecule has 1 atom stereocenters. The van der Waals surface area contributed by atoms with Crippen LogP contribution in [0.2, 0.25) is 0 Å². The molecule has 15 heavy (non-hydrogen) atoms. The third kappa shape index (κ3) is 3.17. The zero-order chi connectivity index (χ0) is 11.3. The average Bonchev–Trinajstić information content (AvgIpc) is 2.26. The van der Waals surface area contributed by atoms with Gasteiger partial charge in [0.05, 0.1) is 6.07 Å². The molecule has 1 unspecified atom stereocenters. The molecule has 0 saturated carbocycles. The number of hydrogen-bond donors (Lipinski definition) is 0. The van der Waals surface area contributed by atoms with Crippen molar-refractivity contribution in [2.45, 2.75) is 19.8 Å². The van der Waals surface area contributed by atoms with E-state index in [-0.39, 0.29) is 11.7 Å². The fourth-order valence-electron chi connectivity index (χ4n) is 1.38. The highest BCUT2D eigenvalue weighted by molar-refractivity contribution is 9.10. The van der Waals surface area contributed by atoms with Gasteiger partial charge < -0.3 is 0 Å². The second-order valence-corrected chi connectivity index (χ2v) is 4.25. The van der Waals surface area contributed by atoms with Crippen LogP contribution in [-0.4, -0.2) is 5.78 Å². The minimum atomic E-state index is -0.170. The Morgan fingerprint density at radius 2 is 2.07 bits per heavy atom. The summed E-state index contributed by atoms with van der Waals surface area (Å²) in [6.07, 6.45) is 1.01. The number of Topliss-reactive ketones (excluding diaryl/α,β-unsaturated/α-hetero) is 1. The minimum Gasteiger partial charge on any atom is -0.294 e. The number of ketones is 1. The van der Waals surface area contributed by atoms with E-state index in [1.54, 1.807) is 12.1 Å². The number of carbonyl (C=O) groups excluding carboxylic acids is 1. The average molecular weight is 266 g/mol. The van der Waals surface area contributed by atoms with Gasteiger partial charge in [0.1, 0.15) is 0 Å². The summed E-state index contributed by atoms with van der Waals surface area (Å²) >= 11 is 3.32. The summed E-state index contributed by atoms with van der Waals surface area (Å²) in [6.45, 7) is 1.93. The molecule has 1 rings (SSSR count). The van der Waals surface area contributed by atoms with Crippen LogP contribution in [0.15, 0.2) is 28.7 Å². The van der Waals surface area contributed by atoms with Gasteiger partial charge in [-0.15, -0.1) is 0 Å². The molecule has 0 saturated heterocycles. The molecule has 0 bridgehead atoms. The van der Waals surface area contributed by atoms with Crippen molar-refractivity contribution in [3.8, 4) is 6.07 Å². The van der Waals surface area contributed by atoms with Gasteiger partial charge in [-0.3, -0.25) is 4.79 Å². The topological polar surface area (TPSA) is 40.9 Å². The number of hydrogen-bond acceptors (Lipinski definition) is 2. The Hall–Kier alpha value is -1.14. The highest BCUT2D eigenvalue weighted by Crippen LogP contribution is 2.17. The summed E-state index contributed by atoms with van der Waals surface area (Å²) < 4.78 is 0.951. The Kier molecular flexibility index (Phi) is 4.51. The minimum absolute atomic E-state index is 0.0616. The highest BCUT2D eigenvalue weighted by Gasteiger charge is 2.17. The molecule has 1 aromatic carbocycles. The quantitative estimate of drug-likeness (QED) is 0.781. The fraction of sp³-hybridized carbons (Fsp3) is 0.333. The SMILES string of the molecule is CCC(CC#N)C(=O)c1ccc(Br)cc1. The summed E-state index contributed by atoms with van der Waals surface area (Å²) in [4.78, 5) is 11.9. The van der Waals surface area contributed by atoms with Crippen LogP contribution >= 0.6 is 15.9 Å². The molecule has 0 aromatic heterocycles. The normalized spacial score (nSPS) is 11.8. The molecule has 0 aliphatic carbocycles. The first-order chi connectivity index (χ1) is 7.19. The molecule has 0 N–H and O–H groups in total. The Bertz CT molecular complexity index is 378. The first kappa shape index (κ1) is 11.9. The van der Waals surface area contributed by atoms with Gasteiger partial charge in [0.2, 0.25) is 0 Å². The molecule has 78 valence electrons. The zero-order valence-electron chi connectivity index (χ0n) is 8.53. The van der Waals surface area contributed by atoms with Crippen molar-refractivity contribution < 1.29 is 4.79 Å². The maximum atomic E-state index is 11.9. The third-order valence-electron chi connectivity index (χ3n) is 2.33. The molecule has 2 nitrogen and oxygen atoms in total. The van der Waals surface area contributed by atoms with Crippen LogP contribution in [0.4, 0.5) is 0 Å². The smallest absolute Gasteiger partial charge is 0.166 e. The second kappa shape index (κ2) is 5.67. The van der Waals surface area contributed by atoms with Crippen molar-refractivity contribution in [3.05, 3.63) is 34.3 Å². The van der Waals surface area contributed by atoms with Gasteiger partial charge in [0.15, 0.2) is 5.78 Å². The van der Waals surface area contributed by atoms with E-state index in [9.17, 15) is 4.79 Å². The summed E-state index contributed by atoms with van der Waals surface area (Å²) in [6, 6.07) is 9.30. The summed E-state index contributed by atoms with van der Waals surface area (Å²) in [7, 11) is 0. The molecule has 0 aliphatic heterocycles. The van der Waals surface area contributed by atoms with E-state index in [0.29, 0.717) is 18.4 Å². The van der Waals surface area contributed by atoms with Crippen LogP contribution in [0, 0.1) is 17.2 Å². The van der Waals surface area contributed by atoms with Crippen LogP contribution in [0.1, 0.15) is 30.1 Å². The summed E-state index contributed by atoms with van der Waals surface area (Å²) in [5, 5.41) is 8.60. The van der Waals surface area contributed by atoms with E-state index < -0.39 is 0 Å².